The third kappa shape index (κ3) is 10.8. The first kappa shape index (κ1) is 48.5. The van der Waals surface area contributed by atoms with Crippen molar-refractivity contribution in [2.75, 3.05) is 65.7 Å². The Morgan fingerprint density at radius 3 is 1.79 bits per heavy atom. The Bertz CT molecular complexity index is 3850. The van der Waals surface area contributed by atoms with Gasteiger partial charge in [0.15, 0.2) is 0 Å². The van der Waals surface area contributed by atoms with Gasteiger partial charge in [0.05, 0.1) is 43.1 Å². The summed E-state index contributed by atoms with van der Waals surface area (Å²) >= 11 is 0. The molecule has 4 aromatic carbocycles. The van der Waals surface area contributed by atoms with Gasteiger partial charge in [0.25, 0.3) is 0 Å². The van der Waals surface area contributed by atoms with Gasteiger partial charge in [-0.25, -0.2) is 19.6 Å². The maximum atomic E-state index is 12.2. The Labute approximate surface area is 433 Å². The van der Waals surface area contributed by atoms with E-state index in [4.69, 9.17) is 14.5 Å². The van der Waals surface area contributed by atoms with Crippen LogP contribution in [0.1, 0.15) is 49.4 Å². The average Bonchev–Trinajstić information content (AvgIpc) is 4.28. The maximum Gasteiger partial charge on any atom is 0.336 e. The van der Waals surface area contributed by atoms with Crippen LogP contribution in [0.15, 0.2) is 146 Å². The van der Waals surface area contributed by atoms with Gasteiger partial charge in [0.2, 0.25) is 0 Å². The van der Waals surface area contributed by atoms with E-state index < -0.39 is 11.9 Å². The summed E-state index contributed by atoms with van der Waals surface area (Å²) in [6.45, 7) is 10.8. The molecule has 0 atom stereocenters. The van der Waals surface area contributed by atoms with E-state index >= 15 is 0 Å². The highest BCUT2D eigenvalue weighted by Crippen LogP contribution is 2.32. The summed E-state index contributed by atoms with van der Waals surface area (Å²) in [5.74, 6) is 11.1. The van der Waals surface area contributed by atoms with Crippen molar-refractivity contribution in [3.63, 3.8) is 0 Å². The molecule has 0 spiro atoms. The zero-order chi connectivity index (χ0) is 51.1. The van der Waals surface area contributed by atoms with Crippen molar-refractivity contribution in [2.45, 2.75) is 19.5 Å². The second-order valence-electron chi connectivity index (χ2n) is 18.6. The Morgan fingerprint density at radius 1 is 0.560 bits per heavy atom. The fourth-order valence-electron chi connectivity index (χ4n) is 10.1. The third-order valence-corrected chi connectivity index (χ3v) is 13.9. The molecule has 0 radical (unpaired) electrons. The van der Waals surface area contributed by atoms with E-state index in [9.17, 15) is 19.8 Å². The van der Waals surface area contributed by atoms with Crippen LogP contribution in [0.2, 0.25) is 0 Å². The maximum absolute atomic E-state index is 12.2. The number of carbonyl (C=O) groups is 2. The second kappa shape index (κ2) is 22.2. The molecule has 374 valence electrons. The lowest BCUT2D eigenvalue weighted by Gasteiger charge is -2.26. The van der Waals surface area contributed by atoms with E-state index in [2.05, 4.69) is 76.0 Å². The molecule has 14 heteroatoms. The minimum Gasteiger partial charge on any atom is -0.478 e. The van der Waals surface area contributed by atoms with Crippen molar-refractivity contribution in [1.82, 2.24) is 38.9 Å². The Kier molecular flexibility index (Phi) is 14.3. The number of aryl methyl sites for hydroxylation is 1. The zero-order valence-electron chi connectivity index (χ0n) is 41.3. The molecule has 0 saturated carbocycles. The summed E-state index contributed by atoms with van der Waals surface area (Å²) in [6.07, 6.45) is 12.5. The predicted molar refractivity (Wildman–Crippen MR) is 292 cm³/mol. The number of rotatable bonds is 11. The van der Waals surface area contributed by atoms with Crippen LogP contribution in [-0.4, -0.2) is 127 Å². The smallest absolute Gasteiger partial charge is 0.336 e. The van der Waals surface area contributed by atoms with Crippen LogP contribution in [0.25, 0.3) is 66.1 Å². The normalized spacial score (nSPS) is 14.0. The SMILES string of the molecule is O=C(O)c1cccc(C#Cc2cn(CCCN3CCOCC3)c3ncccc23)c1-c1ccc2cc[nH]c2c1.O=C(O)c1cccc(C#Cc2cnc3c(ccn3CCN3CCOCC3)c2)c1-c1ccc2cc[nH]c2c1. The minimum atomic E-state index is -0.980. The van der Waals surface area contributed by atoms with E-state index in [-0.39, 0.29) is 11.1 Å². The molecule has 12 rings (SSSR count). The van der Waals surface area contributed by atoms with Gasteiger partial charge in [0, 0.05) is 139 Å². The van der Waals surface area contributed by atoms with Crippen LogP contribution < -0.4 is 0 Å². The van der Waals surface area contributed by atoms with Crippen molar-refractivity contribution in [2.24, 2.45) is 0 Å². The number of carboxylic acids is 2. The quantitative estimate of drug-likeness (QED) is 0.0917. The van der Waals surface area contributed by atoms with Crippen molar-refractivity contribution in [1.29, 1.82) is 0 Å². The number of H-pyrrole nitrogens is 2. The average molecular weight is 995 g/mol. The number of fused-ring (bicyclic) bond motifs is 4. The Hall–Kier alpha value is -8.76. The summed E-state index contributed by atoms with van der Waals surface area (Å²) in [4.78, 5) is 44.8. The number of hydrogen-bond acceptors (Lipinski definition) is 8. The van der Waals surface area contributed by atoms with Crippen LogP contribution in [0, 0.1) is 23.7 Å². The van der Waals surface area contributed by atoms with Gasteiger partial charge in [-0.1, -0.05) is 60.1 Å². The predicted octanol–water partition coefficient (Wildman–Crippen LogP) is 9.62. The molecule has 14 nitrogen and oxygen atoms in total. The molecular formula is C61H54N8O6. The number of aromatic nitrogens is 6. The van der Waals surface area contributed by atoms with E-state index in [0.29, 0.717) is 22.3 Å². The van der Waals surface area contributed by atoms with Gasteiger partial charge in [-0.3, -0.25) is 9.80 Å². The van der Waals surface area contributed by atoms with Crippen molar-refractivity contribution < 1.29 is 29.3 Å². The second-order valence-corrected chi connectivity index (χ2v) is 18.6. The summed E-state index contributed by atoms with van der Waals surface area (Å²) in [6, 6.07) is 34.3. The van der Waals surface area contributed by atoms with Crippen LogP contribution in [0.5, 0.6) is 0 Å². The minimum absolute atomic E-state index is 0.226. The van der Waals surface area contributed by atoms with Gasteiger partial charge in [-0.15, -0.1) is 0 Å². The van der Waals surface area contributed by atoms with Crippen LogP contribution in [0.4, 0.5) is 0 Å². The lowest BCUT2D eigenvalue weighted by Crippen LogP contribution is -2.38. The molecule has 2 saturated heterocycles. The molecule has 8 heterocycles. The lowest BCUT2D eigenvalue weighted by atomic mass is 9.93. The largest absolute Gasteiger partial charge is 0.478 e. The van der Waals surface area contributed by atoms with Crippen LogP contribution >= 0.6 is 0 Å². The molecule has 75 heavy (non-hydrogen) atoms. The first-order valence-electron chi connectivity index (χ1n) is 25.2. The number of aromatic amines is 2. The molecular weight excluding hydrogens is 941 g/mol. The number of ether oxygens (including phenoxy) is 2. The van der Waals surface area contributed by atoms with Gasteiger partial charge in [0.1, 0.15) is 11.3 Å². The summed E-state index contributed by atoms with van der Waals surface area (Å²) in [5.41, 5.74) is 10.1. The van der Waals surface area contributed by atoms with Crippen molar-refractivity contribution in [3.05, 3.63) is 180 Å². The van der Waals surface area contributed by atoms with E-state index in [1.165, 1.54) is 0 Å². The number of benzene rings is 4. The molecule has 0 amide bonds. The molecule has 0 unspecified atom stereocenters. The molecule has 2 fully saturated rings. The number of hydrogen-bond donors (Lipinski definition) is 4. The molecule has 0 bridgehead atoms. The number of aromatic carboxylic acids is 2. The topological polar surface area (TPSA) is 167 Å². The number of pyridine rings is 2. The van der Waals surface area contributed by atoms with Crippen molar-refractivity contribution in [3.8, 4) is 45.9 Å². The van der Waals surface area contributed by atoms with Gasteiger partial charge < -0.3 is 38.8 Å². The Morgan fingerprint density at radius 2 is 1.16 bits per heavy atom. The van der Waals surface area contributed by atoms with Crippen molar-refractivity contribution >= 4 is 55.8 Å². The molecule has 2 aliphatic rings. The molecule has 2 aliphatic heterocycles. The molecule has 10 aromatic rings. The third-order valence-electron chi connectivity index (χ3n) is 13.9. The van der Waals surface area contributed by atoms with E-state index in [1.807, 2.05) is 97.5 Å². The first-order chi connectivity index (χ1) is 36.8. The zero-order valence-corrected chi connectivity index (χ0v) is 41.3. The molecule has 6 aromatic heterocycles. The summed E-state index contributed by atoms with van der Waals surface area (Å²) < 4.78 is 15.2. The monoisotopic (exact) mass is 994 g/mol. The fraction of sp³-hybridized carbons (Fsp3) is 0.213. The number of nitrogens with one attached hydrogen (secondary N) is 2. The molecule has 4 N–H and O–H groups in total. The Balaban J connectivity index is 0.000000161. The van der Waals surface area contributed by atoms with Gasteiger partial charge in [-0.2, -0.15) is 0 Å². The van der Waals surface area contributed by atoms with Crippen LogP contribution in [-0.2, 0) is 22.6 Å². The lowest BCUT2D eigenvalue weighted by molar-refractivity contribution is 0.0365. The summed E-state index contributed by atoms with van der Waals surface area (Å²) in [5, 5.41) is 24.0. The summed E-state index contributed by atoms with van der Waals surface area (Å²) in [7, 11) is 0. The van der Waals surface area contributed by atoms with Gasteiger partial charge >= 0.3 is 11.9 Å². The van der Waals surface area contributed by atoms with E-state index in [1.54, 1.807) is 30.5 Å². The van der Waals surface area contributed by atoms with E-state index in [0.717, 1.165) is 151 Å². The highest BCUT2D eigenvalue weighted by molar-refractivity contribution is 6.01. The number of carboxylic acid groups (broad SMARTS) is 2. The first-order valence-corrected chi connectivity index (χ1v) is 25.2. The van der Waals surface area contributed by atoms with Gasteiger partial charge in [-0.05, 0) is 101 Å². The number of morpholine rings is 2. The highest BCUT2D eigenvalue weighted by Gasteiger charge is 2.19. The standard InChI is InChI=1S/C31H28N4O3.C30H26N4O3/c36-31(37)27-5-1-4-23(29(27)24-9-7-22-11-13-32-28(22)20-24)8-10-25-21-35(30-26(25)6-2-12-33-30)15-3-14-34-16-18-38-19-17-34;35-30(36)26-3-1-2-23(28(26)24-7-6-22-8-10-31-27(22)19-24)5-4-21-18-25-9-11-34(29(25)32-20-21)13-12-33-14-16-37-17-15-33/h1-2,4-7,9,11-13,20-21,32H,3,14-19H2,(H,36,37);1-3,6-11,18-20,31H,12-17H2,(H,35,36). The van der Waals surface area contributed by atoms with Crippen LogP contribution in [0.3, 0.4) is 0 Å². The molecule has 0 aliphatic carbocycles. The number of nitrogens with zero attached hydrogens (tertiary/aromatic N) is 6. The highest BCUT2D eigenvalue weighted by atomic mass is 16.5. The fourth-order valence-corrected chi connectivity index (χ4v) is 10.1.